The maximum atomic E-state index is 12.3. The first kappa shape index (κ1) is 49.8. The summed E-state index contributed by atoms with van der Waals surface area (Å²) in [5, 5.41) is 53.4. The number of guanidine groups is 1. The maximum absolute atomic E-state index is 12.3. The molecule has 0 spiro atoms. The standard InChI is InChI=1S/C45H68N4O9/c1-30(20-14-11-12-19-27-48-45(46)47)21-15-13-16-22-31(2)28-34(5)42(58-44-41(55)40(54)39(53)37(29-50)57-44)32(3)23-17-9-7-6-8-10-18-24-33(4)43(56)49-38-35(51)25-26-36(38)52/h6-11,14-15,17-18,21,23-24,28,30-32,37,39-42,44,50-51,53-55H,12-13,16,19-20,22,25-27,29H2,1-5H3,(H,49,56)(H4,46,47,48)/b8-6+,9-7+,14-11+,18-10+,21-15+,23-17+,33-24+,34-28+. The molecule has 0 aromatic heterocycles. The fourth-order valence-electron chi connectivity index (χ4n) is 6.34. The third-order valence-corrected chi connectivity index (χ3v) is 9.78. The van der Waals surface area contributed by atoms with Gasteiger partial charge in [0, 0.05) is 30.9 Å². The molecular formula is C45H68N4O9. The highest BCUT2D eigenvalue weighted by atomic mass is 16.7. The predicted molar refractivity (Wildman–Crippen MR) is 229 cm³/mol. The zero-order valence-corrected chi connectivity index (χ0v) is 34.8. The highest BCUT2D eigenvalue weighted by Crippen LogP contribution is 2.28. The SMILES string of the molecule is C\C(=C/C=C/C=C/C=C/C=C/C(C)C(OC1OC(CO)C(O)C(O)C1O)/C(C)=C/C(C)CCC/C=C/C(C)C/C=C/CCCN=C(N)N)C(=O)NC1=C(O)CCC1=O. The molecule has 1 heterocycles. The molecule has 9 atom stereocenters. The summed E-state index contributed by atoms with van der Waals surface area (Å²) in [6.07, 6.45) is 25.9. The van der Waals surface area contributed by atoms with E-state index in [1.165, 1.54) is 0 Å². The third kappa shape index (κ3) is 18.5. The lowest BCUT2D eigenvalue weighted by Gasteiger charge is -2.41. The van der Waals surface area contributed by atoms with Gasteiger partial charge in [-0.2, -0.15) is 0 Å². The number of aliphatic hydroxyl groups is 5. The van der Waals surface area contributed by atoms with Crippen LogP contribution in [0.15, 0.2) is 113 Å². The van der Waals surface area contributed by atoms with Gasteiger partial charge in [0.1, 0.15) is 35.9 Å². The summed E-state index contributed by atoms with van der Waals surface area (Å²) < 4.78 is 12.0. The molecule has 1 saturated heterocycles. The topological polar surface area (TPSA) is 230 Å². The number of hydrogen-bond donors (Lipinski definition) is 8. The monoisotopic (exact) mass is 808 g/mol. The van der Waals surface area contributed by atoms with Crippen LogP contribution in [0.2, 0.25) is 0 Å². The van der Waals surface area contributed by atoms with Gasteiger partial charge in [0.05, 0.1) is 12.7 Å². The number of unbranched alkanes of at least 4 members (excludes halogenated alkanes) is 2. The molecule has 2 rings (SSSR count). The Hall–Kier alpha value is -4.37. The van der Waals surface area contributed by atoms with Crippen LogP contribution in [0, 0.1) is 17.8 Å². The number of aliphatic hydroxyl groups excluding tert-OH is 5. The molecule has 0 radical (unpaired) electrons. The van der Waals surface area contributed by atoms with Crippen molar-refractivity contribution in [3.63, 3.8) is 0 Å². The van der Waals surface area contributed by atoms with E-state index in [4.69, 9.17) is 20.9 Å². The van der Waals surface area contributed by atoms with Crippen LogP contribution in [-0.2, 0) is 19.1 Å². The third-order valence-electron chi connectivity index (χ3n) is 9.78. The fourth-order valence-corrected chi connectivity index (χ4v) is 6.34. The number of ketones is 1. The molecule has 13 nitrogen and oxygen atoms in total. The highest BCUT2D eigenvalue weighted by Gasteiger charge is 2.45. The van der Waals surface area contributed by atoms with E-state index in [1.807, 2.05) is 44.2 Å². The Labute approximate surface area is 344 Å². The van der Waals surface area contributed by atoms with Gasteiger partial charge in [0.25, 0.3) is 5.91 Å². The van der Waals surface area contributed by atoms with E-state index in [0.29, 0.717) is 18.0 Å². The van der Waals surface area contributed by atoms with Crippen molar-refractivity contribution in [1.82, 2.24) is 5.32 Å². The molecule has 58 heavy (non-hydrogen) atoms. The Bertz CT molecular complexity index is 1600. The second kappa shape index (κ2) is 27.3. The van der Waals surface area contributed by atoms with Gasteiger partial charge >= 0.3 is 0 Å². The molecule has 322 valence electrons. The van der Waals surface area contributed by atoms with Gasteiger partial charge in [-0.15, -0.1) is 0 Å². The molecule has 9 unspecified atom stereocenters. The number of nitrogens with two attached hydrogens (primary N) is 2. The Kier molecular flexibility index (Phi) is 23.5. The fraction of sp³-hybridized carbons (Fsp3) is 0.533. The lowest BCUT2D eigenvalue weighted by atomic mass is 9.92. The van der Waals surface area contributed by atoms with Crippen molar-refractivity contribution in [1.29, 1.82) is 0 Å². The van der Waals surface area contributed by atoms with E-state index in [9.17, 15) is 35.1 Å². The van der Waals surface area contributed by atoms with Gasteiger partial charge in [-0.1, -0.05) is 106 Å². The first-order chi connectivity index (χ1) is 27.7. The first-order valence-corrected chi connectivity index (χ1v) is 20.3. The quantitative estimate of drug-likeness (QED) is 0.0158. The predicted octanol–water partition coefficient (Wildman–Crippen LogP) is 5.17. The number of aliphatic imine (C=N–C) groups is 1. The minimum absolute atomic E-state index is 0.0308. The van der Waals surface area contributed by atoms with Gasteiger partial charge in [-0.05, 0) is 69.8 Å². The lowest BCUT2D eigenvalue weighted by molar-refractivity contribution is -0.310. The smallest absolute Gasteiger partial charge is 0.251 e. The summed E-state index contributed by atoms with van der Waals surface area (Å²) in [5.41, 5.74) is 12.0. The van der Waals surface area contributed by atoms with Crippen molar-refractivity contribution in [2.24, 2.45) is 34.2 Å². The zero-order valence-electron chi connectivity index (χ0n) is 34.8. The number of carbonyl (C=O) groups excluding carboxylic acids is 2. The first-order valence-electron chi connectivity index (χ1n) is 20.3. The number of rotatable bonds is 24. The summed E-state index contributed by atoms with van der Waals surface area (Å²) in [6, 6.07) is 0. The highest BCUT2D eigenvalue weighted by molar-refractivity contribution is 6.04. The van der Waals surface area contributed by atoms with Crippen molar-refractivity contribution in [2.75, 3.05) is 13.2 Å². The van der Waals surface area contributed by atoms with Crippen LogP contribution in [0.4, 0.5) is 0 Å². The van der Waals surface area contributed by atoms with Crippen molar-refractivity contribution in [3.05, 3.63) is 108 Å². The van der Waals surface area contributed by atoms with Gasteiger partial charge in [-0.25, -0.2) is 0 Å². The maximum Gasteiger partial charge on any atom is 0.251 e. The average Bonchev–Trinajstić information content (AvgIpc) is 3.50. The number of ether oxygens (including phenoxy) is 2. The largest absolute Gasteiger partial charge is 0.510 e. The van der Waals surface area contributed by atoms with Crippen LogP contribution in [0.5, 0.6) is 0 Å². The van der Waals surface area contributed by atoms with E-state index in [1.54, 1.807) is 31.2 Å². The Morgan fingerprint density at radius 2 is 1.57 bits per heavy atom. The molecule has 0 bridgehead atoms. The van der Waals surface area contributed by atoms with Crippen molar-refractivity contribution >= 4 is 17.6 Å². The van der Waals surface area contributed by atoms with E-state index in [0.717, 1.165) is 44.1 Å². The van der Waals surface area contributed by atoms with E-state index in [-0.39, 0.29) is 47.9 Å². The minimum atomic E-state index is -1.55. The molecule has 0 aromatic rings. The van der Waals surface area contributed by atoms with Crippen molar-refractivity contribution in [2.45, 2.75) is 123 Å². The van der Waals surface area contributed by atoms with Crippen molar-refractivity contribution < 1.29 is 44.6 Å². The molecule has 13 heteroatoms. The van der Waals surface area contributed by atoms with Crippen LogP contribution in [-0.4, -0.2) is 93.1 Å². The summed E-state index contributed by atoms with van der Waals surface area (Å²) in [4.78, 5) is 28.1. The van der Waals surface area contributed by atoms with Crippen LogP contribution in [0.25, 0.3) is 0 Å². The summed E-state index contributed by atoms with van der Waals surface area (Å²) in [6.45, 7) is 9.99. The number of nitrogens with zero attached hydrogens (tertiary/aromatic N) is 1. The number of allylic oxidation sites excluding steroid dienone is 15. The second-order valence-electron chi connectivity index (χ2n) is 15.1. The zero-order chi connectivity index (χ0) is 43.0. The molecular weight excluding hydrogens is 741 g/mol. The number of nitrogens with one attached hydrogen (secondary N) is 1. The second-order valence-corrected chi connectivity index (χ2v) is 15.1. The number of carbonyl (C=O) groups is 2. The summed E-state index contributed by atoms with van der Waals surface area (Å²) in [7, 11) is 0. The number of amides is 1. The molecule has 10 N–H and O–H groups in total. The van der Waals surface area contributed by atoms with Gasteiger partial charge in [0.15, 0.2) is 18.0 Å². The molecule has 0 aromatic carbocycles. The molecule has 1 aliphatic heterocycles. The Morgan fingerprint density at radius 3 is 2.22 bits per heavy atom. The molecule has 1 aliphatic carbocycles. The van der Waals surface area contributed by atoms with Gasteiger partial charge < -0.3 is 51.8 Å². The molecule has 1 fully saturated rings. The summed E-state index contributed by atoms with van der Waals surface area (Å²) in [5.74, 6) is -0.225. The Balaban J connectivity index is 1.99. The van der Waals surface area contributed by atoms with Gasteiger partial charge in [0.2, 0.25) is 0 Å². The summed E-state index contributed by atoms with van der Waals surface area (Å²) >= 11 is 0. The van der Waals surface area contributed by atoms with Crippen LogP contribution in [0.1, 0.15) is 86.0 Å². The molecule has 1 amide bonds. The van der Waals surface area contributed by atoms with Crippen LogP contribution < -0.4 is 16.8 Å². The number of Topliss-reactive ketones (excluding diaryl/α,β-unsaturated/α-hetero) is 1. The van der Waals surface area contributed by atoms with Crippen LogP contribution >= 0.6 is 0 Å². The van der Waals surface area contributed by atoms with E-state index >= 15 is 0 Å². The molecule has 0 saturated carbocycles. The van der Waals surface area contributed by atoms with Crippen LogP contribution in [0.3, 0.4) is 0 Å². The minimum Gasteiger partial charge on any atom is -0.510 e. The average molecular weight is 809 g/mol. The normalized spacial score (nSPS) is 24.6. The van der Waals surface area contributed by atoms with Crippen molar-refractivity contribution in [3.8, 4) is 0 Å². The molecule has 2 aliphatic rings. The number of hydrogen-bond acceptors (Lipinski definition) is 10. The van der Waals surface area contributed by atoms with E-state index in [2.05, 4.69) is 54.5 Å². The van der Waals surface area contributed by atoms with E-state index < -0.39 is 49.3 Å². The lowest BCUT2D eigenvalue weighted by Crippen LogP contribution is -2.60. The Morgan fingerprint density at radius 1 is 0.897 bits per heavy atom. The van der Waals surface area contributed by atoms with Gasteiger partial charge in [-0.3, -0.25) is 14.6 Å².